The Labute approximate surface area is 189 Å². The van der Waals surface area contributed by atoms with Crippen LogP contribution < -0.4 is 9.47 Å². The SMILES string of the molecule is COc1ccccc1C(c1ccc(OCc2ccccc2)cc1)N1CCCC(C(=O)O)C1. The zero-order valence-corrected chi connectivity index (χ0v) is 18.3. The molecule has 0 bridgehead atoms. The lowest BCUT2D eigenvalue weighted by Gasteiger charge is -2.38. The Kier molecular flexibility index (Phi) is 7.07. The highest BCUT2D eigenvalue weighted by Gasteiger charge is 2.32. The summed E-state index contributed by atoms with van der Waals surface area (Å²) < 4.78 is 11.6. The summed E-state index contributed by atoms with van der Waals surface area (Å²) in [4.78, 5) is 13.9. The van der Waals surface area contributed by atoms with Crippen LogP contribution in [0.1, 0.15) is 35.6 Å². The van der Waals surface area contributed by atoms with Gasteiger partial charge < -0.3 is 14.6 Å². The third kappa shape index (κ3) is 5.11. The fourth-order valence-corrected chi connectivity index (χ4v) is 4.41. The van der Waals surface area contributed by atoms with Gasteiger partial charge in [0.05, 0.1) is 19.1 Å². The molecular formula is C27H29NO4. The van der Waals surface area contributed by atoms with E-state index in [1.807, 2.05) is 60.7 Å². The molecule has 4 rings (SSSR count). The molecule has 0 radical (unpaired) electrons. The average Bonchev–Trinajstić information content (AvgIpc) is 2.85. The first-order valence-electron chi connectivity index (χ1n) is 11.0. The van der Waals surface area contributed by atoms with Crippen molar-refractivity contribution in [3.8, 4) is 11.5 Å². The van der Waals surface area contributed by atoms with Gasteiger partial charge in [0.15, 0.2) is 0 Å². The van der Waals surface area contributed by atoms with E-state index in [1.54, 1.807) is 7.11 Å². The molecule has 1 saturated heterocycles. The van der Waals surface area contributed by atoms with Gasteiger partial charge in [-0.05, 0) is 48.7 Å². The molecule has 1 aliphatic heterocycles. The Morgan fingerprint density at radius 1 is 1.03 bits per heavy atom. The van der Waals surface area contributed by atoms with Gasteiger partial charge in [-0.25, -0.2) is 0 Å². The van der Waals surface area contributed by atoms with Crippen molar-refractivity contribution in [3.63, 3.8) is 0 Å². The first kappa shape index (κ1) is 21.9. The monoisotopic (exact) mass is 431 g/mol. The summed E-state index contributed by atoms with van der Waals surface area (Å²) >= 11 is 0. The molecule has 0 saturated carbocycles. The van der Waals surface area contributed by atoms with Gasteiger partial charge in [-0.1, -0.05) is 60.7 Å². The minimum Gasteiger partial charge on any atom is -0.496 e. The van der Waals surface area contributed by atoms with Crippen molar-refractivity contribution in [1.82, 2.24) is 4.90 Å². The summed E-state index contributed by atoms with van der Waals surface area (Å²) in [5.41, 5.74) is 3.25. The third-order valence-corrected chi connectivity index (χ3v) is 6.04. The van der Waals surface area contributed by atoms with Crippen LogP contribution >= 0.6 is 0 Å². The molecule has 0 aromatic heterocycles. The van der Waals surface area contributed by atoms with Gasteiger partial charge in [0.1, 0.15) is 18.1 Å². The van der Waals surface area contributed by atoms with Gasteiger partial charge in [-0.15, -0.1) is 0 Å². The van der Waals surface area contributed by atoms with E-state index in [0.29, 0.717) is 13.2 Å². The highest BCUT2D eigenvalue weighted by molar-refractivity contribution is 5.70. The molecule has 2 unspecified atom stereocenters. The lowest BCUT2D eigenvalue weighted by Crippen LogP contribution is -2.41. The molecule has 3 aromatic carbocycles. The molecule has 1 heterocycles. The van der Waals surface area contributed by atoms with Crippen LogP contribution in [0.2, 0.25) is 0 Å². The number of ether oxygens (including phenoxy) is 2. The molecule has 3 aromatic rings. The van der Waals surface area contributed by atoms with Crippen LogP contribution in [0.5, 0.6) is 11.5 Å². The number of benzene rings is 3. The molecule has 0 aliphatic carbocycles. The van der Waals surface area contributed by atoms with Crippen LogP contribution in [-0.4, -0.2) is 36.2 Å². The van der Waals surface area contributed by atoms with Crippen molar-refractivity contribution >= 4 is 5.97 Å². The summed E-state index contributed by atoms with van der Waals surface area (Å²) in [6.45, 7) is 1.88. The number of hydrogen-bond acceptors (Lipinski definition) is 4. The van der Waals surface area contributed by atoms with E-state index in [-0.39, 0.29) is 12.0 Å². The van der Waals surface area contributed by atoms with Crippen molar-refractivity contribution in [1.29, 1.82) is 0 Å². The molecule has 32 heavy (non-hydrogen) atoms. The summed E-state index contributed by atoms with van der Waals surface area (Å²) in [6.07, 6.45) is 1.58. The molecule has 5 heteroatoms. The third-order valence-electron chi connectivity index (χ3n) is 6.04. The Morgan fingerprint density at radius 2 is 1.75 bits per heavy atom. The Hall–Kier alpha value is -3.31. The van der Waals surface area contributed by atoms with Crippen molar-refractivity contribution in [2.75, 3.05) is 20.2 Å². The number of carboxylic acids is 1. The summed E-state index contributed by atoms with van der Waals surface area (Å²) in [7, 11) is 1.67. The summed E-state index contributed by atoms with van der Waals surface area (Å²) in [5.74, 6) is 0.533. The Bertz CT molecular complexity index is 1020. The number of hydrogen-bond donors (Lipinski definition) is 1. The minimum atomic E-state index is -0.724. The summed E-state index contributed by atoms with van der Waals surface area (Å²) in [6, 6.07) is 26.1. The lowest BCUT2D eigenvalue weighted by atomic mass is 9.91. The zero-order chi connectivity index (χ0) is 22.3. The van der Waals surface area contributed by atoms with Crippen molar-refractivity contribution in [3.05, 3.63) is 95.6 Å². The molecule has 0 spiro atoms. The van der Waals surface area contributed by atoms with E-state index in [4.69, 9.17) is 9.47 Å². The number of carboxylic acid groups (broad SMARTS) is 1. The first-order valence-corrected chi connectivity index (χ1v) is 11.0. The smallest absolute Gasteiger partial charge is 0.307 e. The molecule has 0 amide bonds. The quantitative estimate of drug-likeness (QED) is 0.534. The fourth-order valence-electron chi connectivity index (χ4n) is 4.41. The standard InChI is InChI=1S/C27H29NO4/c1-31-25-12-6-5-11-24(25)26(28-17-7-10-22(18-28)27(29)30)21-13-15-23(16-14-21)32-19-20-8-3-2-4-9-20/h2-6,8-9,11-16,22,26H,7,10,17-19H2,1H3,(H,29,30). The second-order valence-electron chi connectivity index (χ2n) is 8.16. The van der Waals surface area contributed by atoms with Gasteiger partial charge in [0.25, 0.3) is 0 Å². The Balaban J connectivity index is 1.60. The maximum atomic E-state index is 11.7. The highest BCUT2D eigenvalue weighted by Crippen LogP contribution is 2.37. The summed E-state index contributed by atoms with van der Waals surface area (Å²) in [5, 5.41) is 9.60. The minimum absolute atomic E-state index is 0.0866. The van der Waals surface area contributed by atoms with Crippen LogP contribution in [0, 0.1) is 5.92 Å². The zero-order valence-electron chi connectivity index (χ0n) is 18.3. The number of carbonyl (C=O) groups is 1. The number of nitrogens with zero attached hydrogens (tertiary/aromatic N) is 1. The van der Waals surface area contributed by atoms with E-state index < -0.39 is 5.97 Å². The maximum absolute atomic E-state index is 11.7. The number of methoxy groups -OCH3 is 1. The molecule has 2 atom stereocenters. The number of likely N-dealkylation sites (tertiary alicyclic amines) is 1. The number of rotatable bonds is 8. The highest BCUT2D eigenvalue weighted by atomic mass is 16.5. The van der Waals surface area contributed by atoms with E-state index in [2.05, 4.69) is 23.1 Å². The number of piperidine rings is 1. The van der Waals surface area contributed by atoms with E-state index >= 15 is 0 Å². The number of aliphatic carboxylic acids is 1. The molecule has 1 N–H and O–H groups in total. The van der Waals surface area contributed by atoms with E-state index in [9.17, 15) is 9.90 Å². The van der Waals surface area contributed by atoms with Crippen molar-refractivity contribution < 1.29 is 19.4 Å². The predicted octanol–water partition coefficient (Wildman–Crippen LogP) is 5.16. The van der Waals surface area contributed by atoms with Gasteiger partial charge in [-0.2, -0.15) is 0 Å². The molecular weight excluding hydrogens is 402 g/mol. The molecule has 5 nitrogen and oxygen atoms in total. The molecule has 1 aliphatic rings. The van der Waals surface area contributed by atoms with Gasteiger partial charge in [0, 0.05) is 12.1 Å². The van der Waals surface area contributed by atoms with Crippen LogP contribution in [0.25, 0.3) is 0 Å². The topological polar surface area (TPSA) is 59.0 Å². The van der Waals surface area contributed by atoms with E-state index in [0.717, 1.165) is 47.6 Å². The molecule has 1 fully saturated rings. The van der Waals surface area contributed by atoms with Crippen LogP contribution in [0.15, 0.2) is 78.9 Å². The maximum Gasteiger partial charge on any atom is 0.307 e. The van der Waals surface area contributed by atoms with Gasteiger partial charge in [-0.3, -0.25) is 9.69 Å². The van der Waals surface area contributed by atoms with Crippen molar-refractivity contribution in [2.24, 2.45) is 5.92 Å². The second kappa shape index (κ2) is 10.3. The van der Waals surface area contributed by atoms with Crippen molar-refractivity contribution in [2.45, 2.75) is 25.5 Å². The fraction of sp³-hybridized carbons (Fsp3) is 0.296. The lowest BCUT2D eigenvalue weighted by molar-refractivity contribution is -0.143. The van der Waals surface area contributed by atoms with Crippen LogP contribution in [0.4, 0.5) is 0 Å². The molecule has 166 valence electrons. The predicted molar refractivity (Wildman–Crippen MR) is 124 cm³/mol. The first-order chi connectivity index (χ1) is 15.7. The van der Waals surface area contributed by atoms with Gasteiger partial charge in [0.2, 0.25) is 0 Å². The van der Waals surface area contributed by atoms with Crippen LogP contribution in [-0.2, 0) is 11.4 Å². The Morgan fingerprint density at radius 3 is 2.47 bits per heavy atom. The normalized spacial score (nSPS) is 17.5. The average molecular weight is 432 g/mol. The van der Waals surface area contributed by atoms with E-state index in [1.165, 1.54) is 0 Å². The second-order valence-corrected chi connectivity index (χ2v) is 8.16. The largest absolute Gasteiger partial charge is 0.496 e. The number of para-hydroxylation sites is 1. The van der Waals surface area contributed by atoms with Crippen LogP contribution in [0.3, 0.4) is 0 Å². The van der Waals surface area contributed by atoms with Gasteiger partial charge >= 0.3 is 5.97 Å².